The van der Waals surface area contributed by atoms with Crippen LogP contribution in [0.2, 0.25) is 0 Å². The van der Waals surface area contributed by atoms with Crippen molar-refractivity contribution >= 4 is 29.0 Å². The van der Waals surface area contributed by atoms with Gasteiger partial charge in [0.05, 0.1) is 0 Å². The summed E-state index contributed by atoms with van der Waals surface area (Å²) in [5.74, 6) is -5.20. The molecule has 2 amide bonds. The first kappa shape index (κ1) is 20.9. The number of hydrogen-bond donors (Lipinski definition) is 2. The second kappa shape index (κ2) is 7.71. The van der Waals surface area contributed by atoms with Gasteiger partial charge in [-0.1, -0.05) is 24.3 Å². The molecule has 28 heavy (non-hydrogen) atoms. The maximum absolute atomic E-state index is 12.4. The first-order valence-corrected chi connectivity index (χ1v) is 7.39. The van der Waals surface area contributed by atoms with E-state index in [0.29, 0.717) is 0 Å². The van der Waals surface area contributed by atoms with Crippen LogP contribution in [0.15, 0.2) is 48.5 Å². The van der Waals surface area contributed by atoms with Crippen LogP contribution in [-0.2, 0) is 9.59 Å². The molecule has 0 aromatic heterocycles. The largest absolute Gasteiger partial charge is 0.471 e. The number of rotatable bonds is 4. The highest BCUT2D eigenvalue weighted by molar-refractivity contribution is 6.10. The standard InChI is InChI=1S/C17H10F6N2O3/c18-16(19,20)14(27)24-11-5-1-3-9(7-11)13(26)10-4-2-6-12(8-10)25-15(28)17(21,22)23/h1-8H,(H,24,27)(H,25,28). The van der Waals surface area contributed by atoms with E-state index in [-0.39, 0.29) is 22.5 Å². The molecule has 5 nitrogen and oxygen atoms in total. The van der Waals surface area contributed by atoms with Crippen LogP contribution in [0.4, 0.5) is 37.7 Å². The van der Waals surface area contributed by atoms with Gasteiger partial charge in [-0.25, -0.2) is 0 Å². The second-order valence-corrected chi connectivity index (χ2v) is 5.39. The molecule has 0 aliphatic carbocycles. The molecule has 0 atom stereocenters. The predicted octanol–water partition coefficient (Wildman–Crippen LogP) is 3.92. The third-order valence-electron chi connectivity index (χ3n) is 3.28. The number of anilines is 2. The van der Waals surface area contributed by atoms with Gasteiger partial charge in [0, 0.05) is 22.5 Å². The van der Waals surface area contributed by atoms with E-state index in [4.69, 9.17) is 0 Å². The number of alkyl halides is 6. The zero-order valence-electron chi connectivity index (χ0n) is 13.6. The lowest BCUT2D eigenvalue weighted by Crippen LogP contribution is -2.30. The molecule has 0 aliphatic rings. The number of hydrogen-bond acceptors (Lipinski definition) is 3. The van der Waals surface area contributed by atoms with Crippen LogP contribution in [0.5, 0.6) is 0 Å². The molecular weight excluding hydrogens is 394 g/mol. The third-order valence-corrected chi connectivity index (χ3v) is 3.28. The van der Waals surface area contributed by atoms with E-state index in [9.17, 15) is 40.7 Å². The zero-order valence-corrected chi connectivity index (χ0v) is 13.6. The summed E-state index contributed by atoms with van der Waals surface area (Å²) in [6.07, 6.45) is -10.2. The Hall–Kier alpha value is -3.37. The second-order valence-electron chi connectivity index (χ2n) is 5.39. The van der Waals surface area contributed by atoms with Crippen molar-refractivity contribution in [2.45, 2.75) is 12.4 Å². The Morgan fingerprint density at radius 3 is 1.32 bits per heavy atom. The number of benzene rings is 2. The molecule has 148 valence electrons. The fraction of sp³-hybridized carbons (Fsp3) is 0.118. The van der Waals surface area contributed by atoms with E-state index in [1.807, 2.05) is 0 Å². The van der Waals surface area contributed by atoms with Crippen LogP contribution in [0.1, 0.15) is 15.9 Å². The molecule has 2 aromatic carbocycles. The summed E-state index contributed by atoms with van der Waals surface area (Å²) < 4.78 is 73.8. The maximum Gasteiger partial charge on any atom is 0.471 e. The minimum atomic E-state index is -5.12. The van der Waals surface area contributed by atoms with Gasteiger partial charge in [0.1, 0.15) is 0 Å². The average Bonchev–Trinajstić information content (AvgIpc) is 2.60. The number of ketones is 1. The highest BCUT2D eigenvalue weighted by Gasteiger charge is 2.39. The molecule has 2 N–H and O–H groups in total. The summed E-state index contributed by atoms with van der Waals surface area (Å²) in [6.45, 7) is 0. The van der Waals surface area contributed by atoms with Gasteiger partial charge < -0.3 is 10.6 Å². The van der Waals surface area contributed by atoms with E-state index in [0.717, 1.165) is 24.3 Å². The third kappa shape index (κ3) is 5.32. The lowest BCUT2D eigenvalue weighted by Gasteiger charge is -2.10. The van der Waals surface area contributed by atoms with Crippen LogP contribution in [0.25, 0.3) is 0 Å². The normalized spacial score (nSPS) is 11.6. The fourth-order valence-electron chi connectivity index (χ4n) is 2.05. The van der Waals surface area contributed by atoms with Crippen LogP contribution < -0.4 is 10.6 Å². The van der Waals surface area contributed by atoms with Gasteiger partial charge in [-0.05, 0) is 24.3 Å². The molecular formula is C17H10F6N2O3. The van der Waals surface area contributed by atoms with E-state index in [1.54, 1.807) is 10.6 Å². The van der Waals surface area contributed by atoms with Gasteiger partial charge in [0.25, 0.3) is 0 Å². The van der Waals surface area contributed by atoms with Crippen molar-refractivity contribution in [2.24, 2.45) is 0 Å². The van der Waals surface area contributed by atoms with Crippen molar-refractivity contribution in [3.8, 4) is 0 Å². The van der Waals surface area contributed by atoms with Crippen LogP contribution in [0.3, 0.4) is 0 Å². The summed E-state index contributed by atoms with van der Waals surface area (Å²) >= 11 is 0. The van der Waals surface area contributed by atoms with Crippen molar-refractivity contribution in [3.05, 3.63) is 59.7 Å². The fourth-order valence-corrected chi connectivity index (χ4v) is 2.05. The molecule has 0 saturated heterocycles. The zero-order chi connectivity index (χ0) is 21.1. The molecule has 0 spiro atoms. The lowest BCUT2D eigenvalue weighted by atomic mass is 10.0. The number of carbonyl (C=O) groups excluding carboxylic acids is 3. The Balaban J connectivity index is 2.23. The minimum absolute atomic E-state index is 0.126. The molecule has 0 bridgehead atoms. The number of halogens is 6. The average molecular weight is 404 g/mol. The van der Waals surface area contributed by atoms with Gasteiger partial charge in [-0.3, -0.25) is 14.4 Å². The molecule has 0 radical (unpaired) electrons. The maximum atomic E-state index is 12.4. The molecule has 0 unspecified atom stereocenters. The molecule has 0 fully saturated rings. The van der Waals surface area contributed by atoms with E-state index < -0.39 is 30.0 Å². The van der Waals surface area contributed by atoms with E-state index >= 15 is 0 Å². The number of carbonyl (C=O) groups is 3. The quantitative estimate of drug-likeness (QED) is 0.599. The first-order valence-electron chi connectivity index (χ1n) is 7.39. The van der Waals surface area contributed by atoms with Crippen LogP contribution in [-0.4, -0.2) is 30.0 Å². The van der Waals surface area contributed by atoms with Gasteiger partial charge in [-0.15, -0.1) is 0 Å². The Bertz CT molecular complexity index is 848. The molecule has 0 heterocycles. The van der Waals surface area contributed by atoms with Gasteiger partial charge >= 0.3 is 24.2 Å². The van der Waals surface area contributed by atoms with E-state index in [2.05, 4.69) is 0 Å². The summed E-state index contributed by atoms with van der Waals surface area (Å²) in [6, 6.07) is 9.13. The Morgan fingerprint density at radius 2 is 1.00 bits per heavy atom. The van der Waals surface area contributed by atoms with Crippen LogP contribution in [0, 0.1) is 0 Å². The molecule has 0 saturated carbocycles. The van der Waals surface area contributed by atoms with Crippen molar-refractivity contribution in [1.29, 1.82) is 0 Å². The molecule has 2 aromatic rings. The first-order chi connectivity index (χ1) is 12.9. The topological polar surface area (TPSA) is 75.3 Å². The molecule has 0 aliphatic heterocycles. The van der Waals surface area contributed by atoms with Gasteiger partial charge in [0.15, 0.2) is 5.78 Å². The van der Waals surface area contributed by atoms with Crippen molar-refractivity contribution < 1.29 is 40.7 Å². The molecule has 2 rings (SSSR count). The Labute approximate surface area is 153 Å². The van der Waals surface area contributed by atoms with Crippen molar-refractivity contribution in [3.63, 3.8) is 0 Å². The highest BCUT2D eigenvalue weighted by Crippen LogP contribution is 2.22. The monoisotopic (exact) mass is 404 g/mol. The summed E-state index contributed by atoms with van der Waals surface area (Å²) in [4.78, 5) is 34.4. The van der Waals surface area contributed by atoms with Gasteiger partial charge in [-0.2, -0.15) is 26.3 Å². The summed E-state index contributed by atoms with van der Waals surface area (Å²) in [5.41, 5.74) is -0.844. The Morgan fingerprint density at radius 1 is 0.643 bits per heavy atom. The highest BCUT2D eigenvalue weighted by atomic mass is 19.4. The SMILES string of the molecule is O=C(c1cccc(NC(=O)C(F)(F)F)c1)c1cccc(NC(=O)C(F)(F)F)c1. The smallest absolute Gasteiger partial charge is 0.318 e. The lowest BCUT2D eigenvalue weighted by molar-refractivity contribution is -0.167. The van der Waals surface area contributed by atoms with Gasteiger partial charge in [0.2, 0.25) is 0 Å². The Kier molecular flexibility index (Phi) is 5.76. The number of nitrogens with one attached hydrogen (secondary N) is 2. The number of amides is 2. The van der Waals surface area contributed by atoms with Crippen molar-refractivity contribution in [2.75, 3.05) is 10.6 Å². The predicted molar refractivity (Wildman–Crippen MR) is 85.7 cm³/mol. The summed E-state index contributed by atoms with van der Waals surface area (Å²) in [5, 5.41) is 3.17. The van der Waals surface area contributed by atoms with Crippen molar-refractivity contribution in [1.82, 2.24) is 0 Å². The minimum Gasteiger partial charge on any atom is -0.318 e. The van der Waals surface area contributed by atoms with E-state index in [1.165, 1.54) is 24.3 Å². The summed E-state index contributed by atoms with van der Waals surface area (Å²) in [7, 11) is 0. The van der Waals surface area contributed by atoms with Crippen LogP contribution >= 0.6 is 0 Å². The molecule has 11 heteroatoms.